The molecule has 1 unspecified atom stereocenters. The Balaban J connectivity index is 1.98. The van der Waals surface area contributed by atoms with E-state index in [1.165, 1.54) is 17.8 Å². The minimum absolute atomic E-state index is 0.256. The Morgan fingerprint density at radius 2 is 2.50 bits per heavy atom. The number of hydrogen-bond donors (Lipinski definition) is 1. The lowest BCUT2D eigenvalue weighted by Gasteiger charge is -2.03. The molecule has 1 aromatic rings. The zero-order valence-corrected chi connectivity index (χ0v) is 8.55. The van der Waals surface area contributed by atoms with Crippen molar-refractivity contribution < 1.29 is 4.92 Å². The van der Waals surface area contributed by atoms with E-state index in [9.17, 15) is 10.1 Å². The minimum Gasteiger partial charge on any atom is -0.316 e. The Bertz CT molecular complexity index is 331. The summed E-state index contributed by atoms with van der Waals surface area (Å²) in [5.74, 6) is 0.660. The maximum Gasteiger partial charge on any atom is 0.324 e. The van der Waals surface area contributed by atoms with Crippen molar-refractivity contribution in [2.45, 2.75) is 12.8 Å². The van der Waals surface area contributed by atoms with Crippen LogP contribution < -0.4 is 5.32 Å². The Labute approximate surface area is 86.1 Å². The van der Waals surface area contributed by atoms with Crippen molar-refractivity contribution in [1.29, 1.82) is 0 Å². The summed E-state index contributed by atoms with van der Waals surface area (Å²) in [6.45, 7) is 2.13. The predicted octanol–water partition coefficient (Wildman–Crippen LogP) is 1.81. The lowest BCUT2D eigenvalue weighted by molar-refractivity contribution is -0.380. The number of nitro groups is 1. The van der Waals surface area contributed by atoms with Crippen LogP contribution >= 0.6 is 11.3 Å². The average Bonchev–Trinajstić information content (AvgIpc) is 2.75. The lowest BCUT2D eigenvalue weighted by atomic mass is 10.0. The molecule has 1 aliphatic rings. The summed E-state index contributed by atoms with van der Waals surface area (Å²) in [4.78, 5) is 11.3. The molecule has 1 saturated heterocycles. The van der Waals surface area contributed by atoms with Gasteiger partial charge < -0.3 is 5.32 Å². The highest BCUT2D eigenvalue weighted by molar-refractivity contribution is 7.15. The predicted molar refractivity (Wildman–Crippen MR) is 55.7 cm³/mol. The third kappa shape index (κ3) is 2.10. The average molecular weight is 212 g/mol. The second-order valence-corrected chi connectivity index (χ2v) is 4.71. The summed E-state index contributed by atoms with van der Waals surface area (Å²) in [7, 11) is 0. The van der Waals surface area contributed by atoms with Gasteiger partial charge in [0.05, 0.1) is 4.92 Å². The Morgan fingerprint density at radius 1 is 1.64 bits per heavy atom. The smallest absolute Gasteiger partial charge is 0.316 e. The van der Waals surface area contributed by atoms with E-state index in [0.29, 0.717) is 5.92 Å². The summed E-state index contributed by atoms with van der Waals surface area (Å²) in [6.07, 6.45) is 2.16. The molecule has 4 nitrogen and oxygen atoms in total. The highest BCUT2D eigenvalue weighted by Gasteiger charge is 2.17. The topological polar surface area (TPSA) is 55.2 Å². The maximum atomic E-state index is 10.5. The third-order valence-corrected chi connectivity index (χ3v) is 3.54. The van der Waals surface area contributed by atoms with Crippen LogP contribution in [0.1, 0.15) is 11.3 Å². The van der Waals surface area contributed by atoms with Crippen LogP contribution in [0.5, 0.6) is 0 Å². The fraction of sp³-hybridized carbons (Fsp3) is 0.556. The van der Waals surface area contributed by atoms with Crippen LogP contribution in [0.25, 0.3) is 0 Å². The molecule has 0 aromatic carbocycles. The molecule has 0 amide bonds. The quantitative estimate of drug-likeness (QED) is 0.614. The monoisotopic (exact) mass is 212 g/mol. The molecule has 1 aliphatic heterocycles. The maximum absolute atomic E-state index is 10.5. The summed E-state index contributed by atoms with van der Waals surface area (Å²) >= 11 is 1.30. The first-order valence-corrected chi connectivity index (χ1v) is 5.51. The number of rotatable bonds is 3. The molecule has 0 bridgehead atoms. The normalized spacial score (nSPS) is 21.3. The number of hydrogen-bond acceptors (Lipinski definition) is 4. The molecule has 0 saturated carbocycles. The van der Waals surface area contributed by atoms with Gasteiger partial charge in [0.15, 0.2) is 0 Å². The molecule has 14 heavy (non-hydrogen) atoms. The van der Waals surface area contributed by atoms with Crippen molar-refractivity contribution in [3.63, 3.8) is 0 Å². The fourth-order valence-electron chi connectivity index (χ4n) is 1.75. The van der Waals surface area contributed by atoms with E-state index in [2.05, 4.69) is 5.32 Å². The zero-order chi connectivity index (χ0) is 9.97. The van der Waals surface area contributed by atoms with Gasteiger partial charge in [0, 0.05) is 10.9 Å². The molecule has 1 atom stereocenters. The summed E-state index contributed by atoms with van der Waals surface area (Å²) in [5.41, 5.74) is 0. The largest absolute Gasteiger partial charge is 0.324 e. The van der Waals surface area contributed by atoms with Crippen molar-refractivity contribution in [2.24, 2.45) is 5.92 Å². The molecule has 76 valence electrons. The van der Waals surface area contributed by atoms with Crippen molar-refractivity contribution in [3.05, 3.63) is 27.1 Å². The van der Waals surface area contributed by atoms with E-state index in [1.54, 1.807) is 6.07 Å². The van der Waals surface area contributed by atoms with Gasteiger partial charge in [-0.15, -0.1) is 0 Å². The second-order valence-electron chi connectivity index (χ2n) is 3.56. The van der Waals surface area contributed by atoms with Gasteiger partial charge in [0.25, 0.3) is 0 Å². The third-order valence-electron chi connectivity index (χ3n) is 2.48. The fourth-order valence-corrected chi connectivity index (χ4v) is 2.68. The molecule has 0 spiro atoms. The van der Waals surface area contributed by atoms with E-state index < -0.39 is 0 Å². The van der Waals surface area contributed by atoms with Crippen LogP contribution in [0.2, 0.25) is 0 Å². The van der Waals surface area contributed by atoms with E-state index in [0.717, 1.165) is 24.4 Å². The first kappa shape index (κ1) is 9.61. The number of thiophene rings is 1. The first-order chi connectivity index (χ1) is 6.75. The second kappa shape index (κ2) is 4.06. The summed E-state index contributed by atoms with van der Waals surface area (Å²) in [5, 5.41) is 14.0. The highest BCUT2D eigenvalue weighted by atomic mass is 32.1. The molecule has 5 heteroatoms. The lowest BCUT2D eigenvalue weighted by Crippen LogP contribution is -2.10. The molecule has 1 fully saturated rings. The molecular weight excluding hydrogens is 200 g/mol. The molecule has 0 aliphatic carbocycles. The molecule has 1 N–H and O–H groups in total. The molecule has 2 rings (SSSR count). The Morgan fingerprint density at radius 3 is 3.07 bits per heavy atom. The van der Waals surface area contributed by atoms with Crippen molar-refractivity contribution >= 4 is 16.3 Å². The van der Waals surface area contributed by atoms with Crippen LogP contribution in [0.3, 0.4) is 0 Å². The van der Waals surface area contributed by atoms with Gasteiger partial charge in [-0.05, 0) is 37.9 Å². The Hall–Kier alpha value is -0.940. The van der Waals surface area contributed by atoms with Crippen molar-refractivity contribution in [1.82, 2.24) is 5.32 Å². The van der Waals surface area contributed by atoms with Crippen LogP contribution in [-0.4, -0.2) is 18.0 Å². The van der Waals surface area contributed by atoms with E-state index in [1.807, 2.05) is 6.07 Å². The van der Waals surface area contributed by atoms with Gasteiger partial charge in [-0.25, -0.2) is 0 Å². The molecule has 1 aromatic heterocycles. The summed E-state index contributed by atoms with van der Waals surface area (Å²) in [6, 6.07) is 3.48. The molecule has 0 radical (unpaired) electrons. The SMILES string of the molecule is O=[N+]([O-])c1ccc(CC2CCNC2)s1. The van der Waals surface area contributed by atoms with Crippen LogP contribution in [0, 0.1) is 16.0 Å². The standard InChI is InChI=1S/C9H12N2O2S/c12-11(13)9-2-1-8(14-9)5-7-3-4-10-6-7/h1-2,7,10H,3-6H2. The van der Waals surface area contributed by atoms with Gasteiger partial charge in [-0.2, -0.15) is 0 Å². The van der Waals surface area contributed by atoms with Gasteiger partial charge in [0.2, 0.25) is 0 Å². The molecular formula is C9H12N2O2S. The van der Waals surface area contributed by atoms with Crippen LogP contribution in [-0.2, 0) is 6.42 Å². The number of nitrogens with zero attached hydrogens (tertiary/aromatic N) is 1. The first-order valence-electron chi connectivity index (χ1n) is 4.69. The van der Waals surface area contributed by atoms with E-state index in [-0.39, 0.29) is 9.92 Å². The van der Waals surface area contributed by atoms with Crippen molar-refractivity contribution in [3.8, 4) is 0 Å². The number of nitrogens with one attached hydrogen (secondary N) is 1. The van der Waals surface area contributed by atoms with E-state index >= 15 is 0 Å². The van der Waals surface area contributed by atoms with Gasteiger partial charge in [0.1, 0.15) is 0 Å². The zero-order valence-electron chi connectivity index (χ0n) is 7.73. The minimum atomic E-state index is -0.318. The van der Waals surface area contributed by atoms with Crippen LogP contribution in [0.4, 0.5) is 5.00 Å². The van der Waals surface area contributed by atoms with Crippen LogP contribution in [0.15, 0.2) is 12.1 Å². The van der Waals surface area contributed by atoms with Crippen molar-refractivity contribution in [2.75, 3.05) is 13.1 Å². The Kier molecular flexibility index (Phi) is 2.79. The highest BCUT2D eigenvalue weighted by Crippen LogP contribution is 2.27. The van der Waals surface area contributed by atoms with Gasteiger partial charge in [-0.1, -0.05) is 11.3 Å². The van der Waals surface area contributed by atoms with Gasteiger partial charge in [-0.3, -0.25) is 10.1 Å². The molecule has 2 heterocycles. The van der Waals surface area contributed by atoms with Gasteiger partial charge >= 0.3 is 5.00 Å². The van der Waals surface area contributed by atoms with E-state index in [4.69, 9.17) is 0 Å². The summed E-state index contributed by atoms with van der Waals surface area (Å²) < 4.78 is 0.